The Balaban J connectivity index is 1.63. The van der Waals surface area contributed by atoms with Gasteiger partial charge in [-0.2, -0.15) is 5.10 Å². The molecule has 7 heteroatoms. The molecule has 0 radical (unpaired) electrons. The predicted molar refractivity (Wildman–Crippen MR) is 85.8 cm³/mol. The summed E-state index contributed by atoms with van der Waals surface area (Å²) >= 11 is 0. The Morgan fingerprint density at radius 1 is 1.39 bits per heavy atom. The summed E-state index contributed by atoms with van der Waals surface area (Å²) in [5.74, 6) is 0.479. The molecule has 1 aliphatic rings. The van der Waals surface area contributed by atoms with Crippen LogP contribution in [0.1, 0.15) is 43.3 Å². The first kappa shape index (κ1) is 15.7. The van der Waals surface area contributed by atoms with Gasteiger partial charge >= 0.3 is 0 Å². The van der Waals surface area contributed by atoms with E-state index in [0.717, 1.165) is 42.9 Å². The van der Waals surface area contributed by atoms with Crippen molar-refractivity contribution in [1.29, 1.82) is 0 Å². The second kappa shape index (κ2) is 6.52. The van der Waals surface area contributed by atoms with E-state index in [1.54, 1.807) is 6.92 Å². The van der Waals surface area contributed by atoms with Crippen molar-refractivity contribution in [2.24, 2.45) is 5.92 Å². The summed E-state index contributed by atoms with van der Waals surface area (Å²) in [6.07, 6.45) is 5.32. The predicted octanol–water partition coefficient (Wildman–Crippen LogP) is 1.44. The molecule has 1 amide bonds. The van der Waals surface area contributed by atoms with Crippen molar-refractivity contribution >= 4 is 5.91 Å². The van der Waals surface area contributed by atoms with E-state index < -0.39 is 0 Å². The van der Waals surface area contributed by atoms with Crippen molar-refractivity contribution in [2.75, 3.05) is 0 Å². The molecule has 0 bridgehead atoms. The van der Waals surface area contributed by atoms with E-state index in [1.807, 2.05) is 29.4 Å². The van der Waals surface area contributed by atoms with Crippen LogP contribution < -0.4 is 5.32 Å². The highest BCUT2D eigenvalue weighted by molar-refractivity contribution is 5.73. The van der Waals surface area contributed by atoms with Crippen molar-refractivity contribution in [2.45, 2.75) is 59.2 Å². The van der Waals surface area contributed by atoms with Crippen molar-refractivity contribution in [3.8, 4) is 0 Å². The summed E-state index contributed by atoms with van der Waals surface area (Å²) in [5.41, 5.74) is 3.04. The van der Waals surface area contributed by atoms with E-state index in [2.05, 4.69) is 26.8 Å². The van der Waals surface area contributed by atoms with Gasteiger partial charge in [-0.3, -0.25) is 14.2 Å². The fraction of sp³-hybridized carbons (Fsp3) is 0.625. The Bertz CT molecular complexity index is 689. The van der Waals surface area contributed by atoms with Crippen LogP contribution in [0.15, 0.2) is 12.3 Å². The summed E-state index contributed by atoms with van der Waals surface area (Å²) < 4.78 is 3.84. The number of carbonyl (C=O) groups excluding carboxylic acids is 1. The molecule has 0 unspecified atom stereocenters. The molecule has 1 aliphatic carbocycles. The molecule has 1 N–H and O–H groups in total. The second-order valence-corrected chi connectivity index (χ2v) is 6.51. The SMILES string of the molecule is CC(=O)N[C@@H]1CCC[C@@H]1Cn1cc(Cn2nc(C)cc2C)nn1. The Morgan fingerprint density at radius 2 is 2.22 bits per heavy atom. The zero-order chi connectivity index (χ0) is 16.4. The molecule has 0 spiro atoms. The minimum atomic E-state index is 0.0470. The van der Waals surface area contributed by atoms with Crippen LogP contribution in [0, 0.1) is 19.8 Å². The van der Waals surface area contributed by atoms with Crippen LogP contribution in [0.3, 0.4) is 0 Å². The Morgan fingerprint density at radius 3 is 2.91 bits per heavy atom. The van der Waals surface area contributed by atoms with E-state index in [4.69, 9.17) is 0 Å². The average molecular weight is 316 g/mol. The van der Waals surface area contributed by atoms with Crippen LogP contribution in [-0.2, 0) is 17.9 Å². The molecule has 2 aromatic heterocycles. The number of nitrogens with zero attached hydrogens (tertiary/aromatic N) is 5. The van der Waals surface area contributed by atoms with Crippen LogP contribution in [0.5, 0.6) is 0 Å². The van der Waals surface area contributed by atoms with E-state index >= 15 is 0 Å². The Hall–Kier alpha value is -2.18. The van der Waals surface area contributed by atoms with Gasteiger partial charge in [-0.1, -0.05) is 11.6 Å². The van der Waals surface area contributed by atoms with Crippen molar-refractivity contribution in [1.82, 2.24) is 30.1 Å². The summed E-state index contributed by atoms with van der Waals surface area (Å²) in [5, 5.41) is 16.0. The van der Waals surface area contributed by atoms with Crippen molar-refractivity contribution < 1.29 is 4.79 Å². The van der Waals surface area contributed by atoms with Gasteiger partial charge in [-0.15, -0.1) is 5.10 Å². The monoisotopic (exact) mass is 316 g/mol. The fourth-order valence-corrected chi connectivity index (χ4v) is 3.44. The van der Waals surface area contributed by atoms with E-state index in [9.17, 15) is 4.79 Å². The van der Waals surface area contributed by atoms with Crippen LogP contribution in [0.25, 0.3) is 0 Å². The molecule has 0 aliphatic heterocycles. The number of aryl methyl sites for hydroxylation is 2. The first-order valence-corrected chi connectivity index (χ1v) is 8.18. The smallest absolute Gasteiger partial charge is 0.217 e. The Kier molecular flexibility index (Phi) is 4.45. The standard InChI is InChI=1S/C16H24N6O/c1-11-7-12(2)22(19-11)10-15-9-21(20-18-15)8-14-5-4-6-16(14)17-13(3)23/h7,9,14,16H,4-6,8,10H2,1-3H3,(H,17,23)/t14-,16-/m1/s1. The third kappa shape index (κ3) is 3.78. The largest absolute Gasteiger partial charge is 0.353 e. The number of hydrogen-bond acceptors (Lipinski definition) is 4. The molecule has 23 heavy (non-hydrogen) atoms. The molecule has 124 valence electrons. The zero-order valence-corrected chi connectivity index (χ0v) is 14.0. The van der Waals surface area contributed by atoms with Gasteiger partial charge in [0.1, 0.15) is 5.69 Å². The molecule has 7 nitrogen and oxygen atoms in total. The molecule has 0 aromatic carbocycles. The third-order valence-electron chi connectivity index (χ3n) is 4.47. The van der Waals surface area contributed by atoms with Crippen LogP contribution in [0.4, 0.5) is 0 Å². The number of carbonyl (C=O) groups is 1. The van der Waals surface area contributed by atoms with Gasteiger partial charge in [-0.25, -0.2) is 0 Å². The van der Waals surface area contributed by atoms with Gasteiger partial charge in [0, 0.05) is 25.2 Å². The maximum absolute atomic E-state index is 11.3. The third-order valence-corrected chi connectivity index (χ3v) is 4.47. The number of hydrogen-bond donors (Lipinski definition) is 1. The van der Waals surface area contributed by atoms with Crippen molar-refractivity contribution in [3.63, 3.8) is 0 Å². The molecule has 1 fully saturated rings. The highest BCUT2D eigenvalue weighted by atomic mass is 16.1. The van der Waals surface area contributed by atoms with Gasteiger partial charge in [0.2, 0.25) is 5.91 Å². The first-order chi connectivity index (χ1) is 11.0. The lowest BCUT2D eigenvalue weighted by molar-refractivity contribution is -0.119. The normalized spacial score (nSPS) is 20.8. The summed E-state index contributed by atoms with van der Waals surface area (Å²) in [7, 11) is 0. The van der Waals surface area contributed by atoms with E-state index in [0.29, 0.717) is 12.5 Å². The minimum absolute atomic E-state index is 0.0470. The highest BCUT2D eigenvalue weighted by Crippen LogP contribution is 2.27. The number of amides is 1. The lowest BCUT2D eigenvalue weighted by Crippen LogP contribution is -2.37. The van der Waals surface area contributed by atoms with Crippen molar-refractivity contribution in [3.05, 3.63) is 29.3 Å². The Labute approximate surface area is 136 Å². The zero-order valence-electron chi connectivity index (χ0n) is 14.0. The summed E-state index contributed by atoms with van der Waals surface area (Å²) in [6.45, 7) is 7.05. The molecule has 3 rings (SSSR count). The van der Waals surface area contributed by atoms with Crippen LogP contribution in [0.2, 0.25) is 0 Å². The van der Waals surface area contributed by atoms with E-state index in [1.165, 1.54) is 0 Å². The van der Waals surface area contributed by atoms with Gasteiger partial charge in [0.05, 0.1) is 18.4 Å². The fourth-order valence-electron chi connectivity index (χ4n) is 3.44. The molecule has 2 heterocycles. The highest BCUT2D eigenvalue weighted by Gasteiger charge is 2.28. The van der Waals surface area contributed by atoms with Gasteiger partial charge in [0.25, 0.3) is 0 Å². The lowest BCUT2D eigenvalue weighted by Gasteiger charge is -2.19. The molecule has 2 aromatic rings. The lowest BCUT2D eigenvalue weighted by atomic mass is 10.0. The quantitative estimate of drug-likeness (QED) is 0.905. The van der Waals surface area contributed by atoms with Gasteiger partial charge < -0.3 is 5.32 Å². The number of rotatable bonds is 5. The van der Waals surface area contributed by atoms with Gasteiger partial charge in [-0.05, 0) is 38.7 Å². The maximum atomic E-state index is 11.3. The minimum Gasteiger partial charge on any atom is -0.353 e. The second-order valence-electron chi connectivity index (χ2n) is 6.51. The molecule has 0 saturated heterocycles. The topological polar surface area (TPSA) is 77.6 Å². The average Bonchev–Trinajstić information content (AvgIpc) is 3.15. The molecule has 1 saturated carbocycles. The first-order valence-electron chi connectivity index (χ1n) is 8.18. The maximum Gasteiger partial charge on any atom is 0.217 e. The van der Waals surface area contributed by atoms with E-state index in [-0.39, 0.29) is 11.9 Å². The van der Waals surface area contributed by atoms with Crippen LogP contribution in [-0.4, -0.2) is 36.7 Å². The summed E-state index contributed by atoms with van der Waals surface area (Å²) in [4.78, 5) is 11.3. The molecular formula is C16H24N6O. The van der Waals surface area contributed by atoms with Gasteiger partial charge in [0.15, 0.2) is 0 Å². The summed E-state index contributed by atoms with van der Waals surface area (Å²) in [6, 6.07) is 2.32. The number of nitrogens with one attached hydrogen (secondary N) is 1. The number of aromatic nitrogens is 5. The molecule has 2 atom stereocenters. The molecular weight excluding hydrogens is 292 g/mol. The van der Waals surface area contributed by atoms with Crippen LogP contribution >= 0.6 is 0 Å².